The molecule has 2 rings (SSSR count). The number of likely N-dealkylation sites (N-methyl/N-ethyl adjacent to an activating group) is 1. The van der Waals surface area contributed by atoms with Gasteiger partial charge in [-0.1, -0.05) is 28.1 Å². The van der Waals surface area contributed by atoms with Crippen molar-refractivity contribution in [2.45, 2.75) is 37.8 Å². The lowest BCUT2D eigenvalue weighted by molar-refractivity contribution is -0.139. The molecule has 4 heteroatoms. The predicted molar refractivity (Wildman–Crippen MR) is 76.1 cm³/mol. The number of hydrogen-bond acceptors (Lipinski definition) is 2. The molecule has 0 aromatic heterocycles. The number of benzene rings is 1. The molecular weight excluding hydrogens is 292 g/mol. The maximum absolute atomic E-state index is 12.5. The maximum Gasteiger partial charge on any atom is 0.246 e. The Kier molecular flexibility index (Phi) is 3.78. The van der Waals surface area contributed by atoms with E-state index in [1.165, 1.54) is 6.42 Å². The van der Waals surface area contributed by atoms with E-state index in [1.54, 1.807) is 6.92 Å². The van der Waals surface area contributed by atoms with Gasteiger partial charge in [-0.05, 0) is 43.9 Å². The zero-order valence-electron chi connectivity index (χ0n) is 10.8. The molecular formula is C14H19BrN2O. The molecule has 18 heavy (non-hydrogen) atoms. The Morgan fingerprint density at radius 1 is 1.39 bits per heavy atom. The standard InChI is InChI=1S/C14H19BrN2O/c1-14(16,10-6-8-11(15)9-7-10)13(18)17(2)12-4-3-5-12/h6-9,12H,3-5,16H2,1-2H3. The van der Waals surface area contributed by atoms with Crippen molar-refractivity contribution in [2.75, 3.05) is 7.05 Å². The SMILES string of the molecule is CN(C(=O)C(C)(N)c1ccc(Br)cc1)C1CCC1. The van der Waals surface area contributed by atoms with Crippen molar-refractivity contribution in [3.63, 3.8) is 0 Å². The zero-order valence-corrected chi connectivity index (χ0v) is 12.4. The van der Waals surface area contributed by atoms with Crippen LogP contribution >= 0.6 is 15.9 Å². The van der Waals surface area contributed by atoms with E-state index in [2.05, 4.69) is 15.9 Å². The summed E-state index contributed by atoms with van der Waals surface area (Å²) in [5.41, 5.74) is 6.14. The number of nitrogens with zero attached hydrogens (tertiary/aromatic N) is 1. The van der Waals surface area contributed by atoms with Crippen LogP contribution in [-0.4, -0.2) is 23.9 Å². The molecule has 1 aliphatic carbocycles. The van der Waals surface area contributed by atoms with Gasteiger partial charge < -0.3 is 10.6 Å². The number of nitrogens with two attached hydrogens (primary N) is 1. The first kappa shape index (κ1) is 13.6. The largest absolute Gasteiger partial charge is 0.341 e. The molecule has 1 unspecified atom stereocenters. The summed E-state index contributed by atoms with van der Waals surface area (Å²) in [6.45, 7) is 1.79. The van der Waals surface area contributed by atoms with Gasteiger partial charge in [0.25, 0.3) is 0 Å². The van der Waals surface area contributed by atoms with E-state index in [0.29, 0.717) is 6.04 Å². The van der Waals surface area contributed by atoms with Crippen LogP contribution in [0, 0.1) is 0 Å². The van der Waals surface area contributed by atoms with Gasteiger partial charge in [0, 0.05) is 17.6 Å². The van der Waals surface area contributed by atoms with Gasteiger partial charge in [0.1, 0.15) is 5.54 Å². The minimum Gasteiger partial charge on any atom is -0.341 e. The quantitative estimate of drug-likeness (QED) is 0.933. The Balaban J connectivity index is 2.18. The van der Waals surface area contributed by atoms with Crippen molar-refractivity contribution >= 4 is 21.8 Å². The van der Waals surface area contributed by atoms with Crippen LogP contribution in [0.5, 0.6) is 0 Å². The van der Waals surface area contributed by atoms with Gasteiger partial charge in [-0.25, -0.2) is 0 Å². The molecule has 1 saturated carbocycles. The smallest absolute Gasteiger partial charge is 0.246 e. The van der Waals surface area contributed by atoms with Crippen molar-refractivity contribution < 1.29 is 4.79 Å². The highest BCUT2D eigenvalue weighted by atomic mass is 79.9. The Bertz CT molecular complexity index is 438. The first-order valence-corrected chi connectivity index (χ1v) is 7.04. The summed E-state index contributed by atoms with van der Waals surface area (Å²) in [6.07, 6.45) is 3.40. The van der Waals surface area contributed by atoms with Crippen molar-refractivity contribution in [1.29, 1.82) is 0 Å². The highest BCUT2D eigenvalue weighted by Gasteiger charge is 2.37. The fourth-order valence-electron chi connectivity index (χ4n) is 2.23. The first-order chi connectivity index (χ1) is 8.43. The minimum absolute atomic E-state index is 0.00507. The normalized spacial score (nSPS) is 18.9. The summed E-state index contributed by atoms with van der Waals surface area (Å²) in [6, 6.07) is 8.00. The first-order valence-electron chi connectivity index (χ1n) is 6.25. The molecule has 98 valence electrons. The third kappa shape index (κ3) is 2.45. The second kappa shape index (κ2) is 5.02. The van der Waals surface area contributed by atoms with Gasteiger partial charge in [0.15, 0.2) is 0 Å². The summed E-state index contributed by atoms with van der Waals surface area (Å²) in [5.74, 6) is -0.00507. The van der Waals surface area contributed by atoms with Crippen LogP contribution in [-0.2, 0) is 10.3 Å². The fourth-order valence-corrected chi connectivity index (χ4v) is 2.49. The van der Waals surface area contributed by atoms with E-state index in [-0.39, 0.29) is 5.91 Å². The summed E-state index contributed by atoms with van der Waals surface area (Å²) in [4.78, 5) is 14.3. The highest BCUT2D eigenvalue weighted by molar-refractivity contribution is 9.10. The van der Waals surface area contributed by atoms with Gasteiger partial charge in [-0.3, -0.25) is 4.79 Å². The van der Waals surface area contributed by atoms with Crippen LogP contribution in [0.2, 0.25) is 0 Å². The molecule has 1 atom stereocenters. The number of hydrogen-bond donors (Lipinski definition) is 1. The van der Waals surface area contributed by atoms with Crippen molar-refractivity contribution in [3.05, 3.63) is 34.3 Å². The summed E-state index contributed by atoms with van der Waals surface area (Å²) in [7, 11) is 1.86. The molecule has 0 bridgehead atoms. The highest BCUT2D eigenvalue weighted by Crippen LogP contribution is 2.28. The second-order valence-electron chi connectivity index (χ2n) is 5.21. The Labute approximate surface area is 116 Å². The topological polar surface area (TPSA) is 46.3 Å². The molecule has 1 fully saturated rings. The lowest BCUT2D eigenvalue weighted by Crippen LogP contribution is -2.54. The van der Waals surface area contributed by atoms with Gasteiger partial charge in [0.2, 0.25) is 5.91 Å². The molecule has 1 aromatic carbocycles. The monoisotopic (exact) mass is 310 g/mol. The van der Waals surface area contributed by atoms with Crippen LogP contribution in [0.15, 0.2) is 28.7 Å². The van der Waals surface area contributed by atoms with Crippen molar-refractivity contribution in [1.82, 2.24) is 4.90 Å². The molecule has 0 spiro atoms. The van der Waals surface area contributed by atoms with Gasteiger partial charge in [0.05, 0.1) is 0 Å². The Morgan fingerprint density at radius 2 is 1.94 bits per heavy atom. The summed E-state index contributed by atoms with van der Waals surface area (Å²) < 4.78 is 0.988. The molecule has 0 aliphatic heterocycles. The van der Waals surface area contributed by atoms with E-state index >= 15 is 0 Å². The van der Waals surface area contributed by atoms with E-state index < -0.39 is 5.54 Å². The average molecular weight is 311 g/mol. The van der Waals surface area contributed by atoms with Crippen LogP contribution in [0.1, 0.15) is 31.7 Å². The molecule has 3 nitrogen and oxygen atoms in total. The van der Waals surface area contributed by atoms with E-state index in [4.69, 9.17) is 5.73 Å². The van der Waals surface area contributed by atoms with Crippen LogP contribution in [0.4, 0.5) is 0 Å². The van der Waals surface area contributed by atoms with E-state index in [1.807, 2.05) is 36.2 Å². The molecule has 1 aromatic rings. The molecule has 1 amide bonds. The van der Waals surface area contributed by atoms with E-state index in [9.17, 15) is 4.79 Å². The molecule has 0 saturated heterocycles. The zero-order chi connectivity index (χ0) is 13.3. The number of carbonyl (C=O) groups is 1. The number of halogens is 1. The maximum atomic E-state index is 12.5. The average Bonchev–Trinajstić information content (AvgIpc) is 2.26. The molecule has 1 aliphatic rings. The fraction of sp³-hybridized carbons (Fsp3) is 0.500. The van der Waals surface area contributed by atoms with Crippen molar-refractivity contribution in [3.8, 4) is 0 Å². The van der Waals surface area contributed by atoms with E-state index in [0.717, 1.165) is 22.9 Å². The predicted octanol–water partition coefficient (Wildman–Crippen LogP) is 2.63. The molecule has 0 radical (unpaired) electrons. The third-order valence-corrected chi connectivity index (χ3v) is 4.36. The van der Waals surface area contributed by atoms with Crippen LogP contribution in [0.25, 0.3) is 0 Å². The third-order valence-electron chi connectivity index (χ3n) is 3.83. The van der Waals surface area contributed by atoms with Gasteiger partial charge in [-0.15, -0.1) is 0 Å². The van der Waals surface area contributed by atoms with Crippen LogP contribution < -0.4 is 5.73 Å². The lowest BCUT2D eigenvalue weighted by Gasteiger charge is -2.39. The number of amides is 1. The van der Waals surface area contributed by atoms with Crippen molar-refractivity contribution in [2.24, 2.45) is 5.73 Å². The molecule has 2 N–H and O–H groups in total. The molecule has 0 heterocycles. The Morgan fingerprint density at radius 3 is 2.39 bits per heavy atom. The summed E-state index contributed by atoms with van der Waals surface area (Å²) >= 11 is 3.39. The Hall–Kier alpha value is -0.870. The van der Waals surface area contributed by atoms with Gasteiger partial charge >= 0.3 is 0 Å². The summed E-state index contributed by atoms with van der Waals surface area (Å²) in [5, 5.41) is 0. The number of rotatable bonds is 3. The second-order valence-corrected chi connectivity index (χ2v) is 6.13. The minimum atomic E-state index is -0.953. The number of carbonyl (C=O) groups excluding carboxylic acids is 1. The van der Waals surface area contributed by atoms with Crippen LogP contribution in [0.3, 0.4) is 0 Å². The van der Waals surface area contributed by atoms with Gasteiger partial charge in [-0.2, -0.15) is 0 Å². The lowest BCUT2D eigenvalue weighted by atomic mass is 9.87.